The minimum absolute atomic E-state index is 0.135. The van der Waals surface area contributed by atoms with Crippen LogP contribution in [0, 0.1) is 5.92 Å². The summed E-state index contributed by atoms with van der Waals surface area (Å²) in [5.41, 5.74) is 5.23. The van der Waals surface area contributed by atoms with Crippen molar-refractivity contribution in [2.45, 2.75) is 57.5 Å². The average molecular weight is 282 g/mol. The van der Waals surface area contributed by atoms with Crippen molar-refractivity contribution in [2.24, 2.45) is 11.7 Å². The van der Waals surface area contributed by atoms with Gasteiger partial charge in [-0.1, -0.05) is 32.1 Å². The number of nitrogens with two attached hydrogens (primary N) is 1. The summed E-state index contributed by atoms with van der Waals surface area (Å²) in [4.78, 5) is 25.0. The third-order valence-electron chi connectivity index (χ3n) is 4.46. The monoisotopic (exact) mass is 282 g/mol. The zero-order valence-electron chi connectivity index (χ0n) is 12.2. The minimum Gasteiger partial charge on any atom is -0.367 e. The van der Waals surface area contributed by atoms with Gasteiger partial charge in [-0.3, -0.25) is 9.59 Å². The lowest BCUT2D eigenvalue weighted by molar-refractivity contribution is -0.145. The Bertz CT molecular complexity index is 340. The molecule has 0 bridgehead atoms. The van der Waals surface area contributed by atoms with Gasteiger partial charge in [-0.25, -0.2) is 0 Å². The predicted molar refractivity (Wildman–Crippen MR) is 75.9 cm³/mol. The SMILES string of the molecule is NC(=O)[C@H]1CN(C(=O)CCCC2CCCCC2)CCO1. The lowest BCUT2D eigenvalue weighted by Crippen LogP contribution is -2.50. The molecule has 0 radical (unpaired) electrons. The molecule has 1 saturated carbocycles. The highest BCUT2D eigenvalue weighted by Crippen LogP contribution is 2.27. The first-order chi connectivity index (χ1) is 9.66. The second kappa shape index (κ2) is 7.62. The van der Waals surface area contributed by atoms with Gasteiger partial charge in [0.15, 0.2) is 6.10 Å². The molecule has 2 fully saturated rings. The largest absolute Gasteiger partial charge is 0.367 e. The molecule has 0 aromatic rings. The van der Waals surface area contributed by atoms with Crippen molar-refractivity contribution >= 4 is 11.8 Å². The maximum atomic E-state index is 12.1. The van der Waals surface area contributed by atoms with E-state index in [0.717, 1.165) is 18.8 Å². The molecule has 0 aromatic heterocycles. The molecule has 0 unspecified atom stereocenters. The highest BCUT2D eigenvalue weighted by molar-refractivity contribution is 5.81. The smallest absolute Gasteiger partial charge is 0.248 e. The van der Waals surface area contributed by atoms with Gasteiger partial charge in [-0.05, 0) is 18.8 Å². The quantitative estimate of drug-likeness (QED) is 0.829. The number of nitrogens with zero attached hydrogens (tertiary/aromatic N) is 1. The highest BCUT2D eigenvalue weighted by Gasteiger charge is 2.27. The van der Waals surface area contributed by atoms with Gasteiger partial charge in [0, 0.05) is 13.0 Å². The van der Waals surface area contributed by atoms with Crippen LogP contribution < -0.4 is 5.73 Å². The second-order valence-corrected chi connectivity index (χ2v) is 6.00. The van der Waals surface area contributed by atoms with E-state index in [1.54, 1.807) is 4.90 Å². The van der Waals surface area contributed by atoms with Gasteiger partial charge in [-0.2, -0.15) is 0 Å². The van der Waals surface area contributed by atoms with Crippen molar-refractivity contribution in [3.05, 3.63) is 0 Å². The summed E-state index contributed by atoms with van der Waals surface area (Å²) in [6.07, 6.45) is 8.80. The summed E-state index contributed by atoms with van der Waals surface area (Å²) in [6.45, 7) is 1.30. The first-order valence-corrected chi connectivity index (χ1v) is 7.85. The van der Waals surface area contributed by atoms with Crippen LogP contribution in [0.3, 0.4) is 0 Å². The summed E-state index contributed by atoms with van der Waals surface area (Å²) < 4.78 is 5.25. The van der Waals surface area contributed by atoms with E-state index in [2.05, 4.69) is 0 Å². The number of hydrogen-bond acceptors (Lipinski definition) is 3. The van der Waals surface area contributed by atoms with E-state index in [-0.39, 0.29) is 5.91 Å². The number of morpholine rings is 1. The third kappa shape index (κ3) is 4.47. The van der Waals surface area contributed by atoms with Crippen molar-refractivity contribution in [3.63, 3.8) is 0 Å². The number of carbonyl (C=O) groups excluding carboxylic acids is 2. The fourth-order valence-corrected chi connectivity index (χ4v) is 3.22. The topological polar surface area (TPSA) is 72.6 Å². The Balaban J connectivity index is 1.67. The van der Waals surface area contributed by atoms with Crippen LogP contribution in [0.25, 0.3) is 0 Å². The molecule has 2 amide bonds. The van der Waals surface area contributed by atoms with Gasteiger partial charge in [0.1, 0.15) is 0 Å². The summed E-state index contributed by atoms with van der Waals surface area (Å²) in [5.74, 6) is 0.472. The zero-order valence-corrected chi connectivity index (χ0v) is 12.2. The molecule has 1 aliphatic heterocycles. The van der Waals surface area contributed by atoms with Gasteiger partial charge in [0.25, 0.3) is 0 Å². The summed E-state index contributed by atoms with van der Waals surface area (Å²) in [7, 11) is 0. The molecule has 1 saturated heterocycles. The lowest BCUT2D eigenvalue weighted by atomic mass is 9.86. The van der Waals surface area contributed by atoms with Crippen LogP contribution in [-0.4, -0.2) is 42.5 Å². The molecule has 0 spiro atoms. The molecule has 20 heavy (non-hydrogen) atoms. The zero-order chi connectivity index (χ0) is 14.4. The van der Waals surface area contributed by atoms with E-state index in [4.69, 9.17) is 10.5 Å². The van der Waals surface area contributed by atoms with Crippen LogP contribution in [-0.2, 0) is 14.3 Å². The van der Waals surface area contributed by atoms with Crippen LogP contribution in [0.1, 0.15) is 51.4 Å². The van der Waals surface area contributed by atoms with E-state index < -0.39 is 12.0 Å². The summed E-state index contributed by atoms with van der Waals surface area (Å²) in [6, 6.07) is 0. The number of rotatable bonds is 5. The Hall–Kier alpha value is -1.10. The Morgan fingerprint density at radius 3 is 2.65 bits per heavy atom. The van der Waals surface area contributed by atoms with Gasteiger partial charge < -0.3 is 15.4 Å². The number of hydrogen-bond donors (Lipinski definition) is 1. The normalized spacial score (nSPS) is 24.6. The fraction of sp³-hybridized carbons (Fsp3) is 0.867. The maximum absolute atomic E-state index is 12.1. The van der Waals surface area contributed by atoms with Crippen LogP contribution >= 0.6 is 0 Å². The van der Waals surface area contributed by atoms with Crippen molar-refractivity contribution in [1.29, 1.82) is 0 Å². The van der Waals surface area contributed by atoms with Crippen molar-refractivity contribution in [3.8, 4) is 0 Å². The van der Waals surface area contributed by atoms with Gasteiger partial charge in [0.2, 0.25) is 11.8 Å². The van der Waals surface area contributed by atoms with E-state index in [9.17, 15) is 9.59 Å². The van der Waals surface area contributed by atoms with Crippen LogP contribution in [0.15, 0.2) is 0 Å². The molecule has 1 heterocycles. The number of carbonyl (C=O) groups is 2. The van der Waals surface area contributed by atoms with Crippen molar-refractivity contribution < 1.29 is 14.3 Å². The second-order valence-electron chi connectivity index (χ2n) is 6.00. The summed E-state index contributed by atoms with van der Waals surface area (Å²) in [5, 5.41) is 0. The lowest BCUT2D eigenvalue weighted by Gasteiger charge is -2.31. The number of primary amides is 1. The van der Waals surface area contributed by atoms with Crippen molar-refractivity contribution in [2.75, 3.05) is 19.7 Å². The molecule has 0 aromatic carbocycles. The first kappa shape index (κ1) is 15.3. The van der Waals surface area contributed by atoms with Crippen LogP contribution in [0.5, 0.6) is 0 Å². The Morgan fingerprint density at radius 2 is 1.95 bits per heavy atom. The molecular formula is C15H26N2O3. The van der Waals surface area contributed by atoms with Crippen LogP contribution in [0.4, 0.5) is 0 Å². The molecule has 114 valence electrons. The molecule has 1 atom stereocenters. The van der Waals surface area contributed by atoms with Gasteiger partial charge in [0.05, 0.1) is 13.2 Å². The van der Waals surface area contributed by atoms with Gasteiger partial charge >= 0.3 is 0 Å². The number of ether oxygens (including phenoxy) is 1. The van der Waals surface area contributed by atoms with Crippen molar-refractivity contribution in [1.82, 2.24) is 4.90 Å². The van der Waals surface area contributed by atoms with Gasteiger partial charge in [-0.15, -0.1) is 0 Å². The van der Waals surface area contributed by atoms with E-state index in [0.29, 0.717) is 26.1 Å². The predicted octanol–water partition coefficient (Wildman–Crippen LogP) is 1.45. The Labute approximate surface area is 120 Å². The van der Waals surface area contributed by atoms with E-state index in [1.165, 1.54) is 32.1 Å². The first-order valence-electron chi connectivity index (χ1n) is 7.85. The fourth-order valence-electron chi connectivity index (χ4n) is 3.22. The Kier molecular flexibility index (Phi) is 5.83. The van der Waals surface area contributed by atoms with Crippen LogP contribution in [0.2, 0.25) is 0 Å². The number of amides is 2. The third-order valence-corrected chi connectivity index (χ3v) is 4.46. The molecule has 5 nitrogen and oxygen atoms in total. The average Bonchev–Trinajstić information content (AvgIpc) is 2.48. The molecule has 2 aliphatic rings. The molecule has 1 aliphatic carbocycles. The molecule has 5 heteroatoms. The minimum atomic E-state index is -0.633. The molecule has 2 N–H and O–H groups in total. The molecular weight excluding hydrogens is 256 g/mol. The van der Waals surface area contributed by atoms with E-state index in [1.807, 2.05) is 0 Å². The Morgan fingerprint density at radius 1 is 1.20 bits per heavy atom. The summed E-state index contributed by atoms with van der Waals surface area (Å²) >= 11 is 0. The standard InChI is InChI=1S/C15H26N2O3/c16-15(19)13-11-17(9-10-20-13)14(18)8-4-7-12-5-2-1-3-6-12/h12-13H,1-11H2,(H2,16,19)/t13-/m1/s1. The maximum Gasteiger partial charge on any atom is 0.248 e. The molecule has 2 rings (SSSR count). The van der Waals surface area contributed by atoms with E-state index >= 15 is 0 Å². The highest BCUT2D eigenvalue weighted by atomic mass is 16.5.